The average Bonchev–Trinajstić information content (AvgIpc) is 2.93. The van der Waals surface area contributed by atoms with Gasteiger partial charge in [-0.05, 0) is 25.8 Å². The summed E-state index contributed by atoms with van der Waals surface area (Å²) in [5.74, 6) is -0.380. The van der Waals surface area contributed by atoms with E-state index >= 15 is 0 Å². The van der Waals surface area contributed by atoms with E-state index in [-0.39, 0.29) is 78.0 Å². The summed E-state index contributed by atoms with van der Waals surface area (Å²) in [6.45, 7) is 3.80. The number of rotatable bonds is 33. The van der Waals surface area contributed by atoms with Gasteiger partial charge in [-0.1, -0.05) is 129 Å². The number of phosphoric acid groups is 1. The second-order valence-corrected chi connectivity index (χ2v) is 12.4. The van der Waals surface area contributed by atoms with Crippen molar-refractivity contribution in [2.45, 2.75) is 161 Å². The fraction of sp³-hybridized carbons (Fsp3) is 0.935. The van der Waals surface area contributed by atoms with Crippen molar-refractivity contribution in [1.29, 1.82) is 0 Å². The van der Waals surface area contributed by atoms with E-state index in [1.165, 1.54) is 96.3 Å². The number of ether oxygens (including phenoxy) is 2. The van der Waals surface area contributed by atoms with Gasteiger partial charge in [0.2, 0.25) is 0 Å². The summed E-state index contributed by atoms with van der Waals surface area (Å²) in [4.78, 5) is 44.1. The minimum absolute atomic E-state index is 0. The first kappa shape index (κ1) is 48.4. The minimum atomic E-state index is -5.12. The SMILES string of the molecule is CCCCCCCCCCCCCC(=O)O[C@@H](CNCCCCCCCCCCCCCOC=O)COP(=O)([O-])[O-].[Na+].[Na+]. The van der Waals surface area contributed by atoms with E-state index in [9.17, 15) is 23.9 Å². The minimum Gasteiger partial charge on any atom is -0.790 e. The Labute approximate surface area is 307 Å². The van der Waals surface area contributed by atoms with Gasteiger partial charge in [-0.2, -0.15) is 0 Å². The molecule has 0 fully saturated rings. The molecule has 1 N–H and O–H groups in total. The van der Waals surface area contributed by atoms with E-state index < -0.39 is 20.5 Å². The van der Waals surface area contributed by atoms with Crippen molar-refractivity contribution in [3.63, 3.8) is 0 Å². The van der Waals surface area contributed by atoms with Gasteiger partial charge in [0, 0.05) is 13.0 Å². The topological polar surface area (TPSA) is 137 Å². The molecule has 0 aliphatic heterocycles. The Morgan fingerprint density at radius 2 is 1.16 bits per heavy atom. The Bertz CT molecular complexity index is 643. The monoisotopic (exact) mass is 651 g/mol. The molecule has 0 aromatic carbocycles. The number of nitrogens with one attached hydrogen (secondary N) is 1. The molecular formula is C31H60NNa2O8P. The van der Waals surface area contributed by atoms with E-state index in [1.54, 1.807) is 0 Å². The summed E-state index contributed by atoms with van der Waals surface area (Å²) < 4.78 is 25.4. The molecule has 0 heterocycles. The van der Waals surface area contributed by atoms with Crippen LogP contribution in [0.15, 0.2) is 0 Å². The van der Waals surface area contributed by atoms with Crippen LogP contribution >= 0.6 is 7.82 Å². The molecule has 1 atom stereocenters. The fourth-order valence-electron chi connectivity index (χ4n) is 4.82. The number of unbranched alkanes of at least 4 members (excludes halogenated alkanes) is 20. The first-order valence-corrected chi connectivity index (χ1v) is 18.0. The molecular weight excluding hydrogens is 591 g/mol. The van der Waals surface area contributed by atoms with Crippen LogP contribution in [0.3, 0.4) is 0 Å². The Hall–Kier alpha value is 1.01. The van der Waals surface area contributed by atoms with Crippen LogP contribution < -0.4 is 74.2 Å². The summed E-state index contributed by atoms with van der Waals surface area (Å²) in [5.41, 5.74) is 0. The summed E-state index contributed by atoms with van der Waals surface area (Å²) in [6, 6.07) is 0. The average molecular weight is 652 g/mol. The summed E-state index contributed by atoms with van der Waals surface area (Å²) in [7, 11) is -5.12. The van der Waals surface area contributed by atoms with E-state index in [0.29, 0.717) is 13.1 Å². The van der Waals surface area contributed by atoms with Gasteiger partial charge in [0.1, 0.15) is 6.10 Å². The van der Waals surface area contributed by atoms with E-state index in [0.717, 1.165) is 51.5 Å². The van der Waals surface area contributed by atoms with Gasteiger partial charge in [-0.15, -0.1) is 0 Å². The van der Waals surface area contributed by atoms with Crippen molar-refractivity contribution < 1.29 is 97.1 Å². The van der Waals surface area contributed by atoms with Crippen LogP contribution in [-0.2, 0) is 28.2 Å². The Morgan fingerprint density at radius 1 is 0.721 bits per heavy atom. The van der Waals surface area contributed by atoms with Crippen LogP contribution in [0, 0.1) is 0 Å². The van der Waals surface area contributed by atoms with Gasteiger partial charge in [0.25, 0.3) is 6.47 Å². The van der Waals surface area contributed by atoms with Gasteiger partial charge in [-0.3, -0.25) is 9.59 Å². The van der Waals surface area contributed by atoms with Gasteiger partial charge in [0.15, 0.2) is 0 Å². The second kappa shape index (κ2) is 37.5. The predicted octanol–water partition coefficient (Wildman–Crippen LogP) is 0.506. The quantitative estimate of drug-likeness (QED) is 0.0354. The molecule has 0 aromatic rings. The molecule has 9 nitrogen and oxygen atoms in total. The summed E-state index contributed by atoms with van der Waals surface area (Å²) in [5, 5.41) is 3.20. The Balaban J connectivity index is -0.00000800. The number of carbonyl (C=O) groups excluding carboxylic acids is 2. The Kier molecular flexibility index (Phi) is 42.2. The zero-order valence-electron chi connectivity index (χ0n) is 28.0. The Morgan fingerprint density at radius 3 is 1.63 bits per heavy atom. The smallest absolute Gasteiger partial charge is 0.790 e. The molecule has 12 heteroatoms. The summed E-state index contributed by atoms with van der Waals surface area (Å²) in [6.07, 6.45) is 25.3. The van der Waals surface area contributed by atoms with Crippen LogP contribution in [-0.4, -0.2) is 44.8 Å². The maximum absolute atomic E-state index is 12.3. The van der Waals surface area contributed by atoms with Gasteiger partial charge < -0.3 is 33.7 Å². The molecule has 0 bridgehead atoms. The molecule has 0 saturated heterocycles. The van der Waals surface area contributed by atoms with Crippen molar-refractivity contribution in [3.8, 4) is 0 Å². The van der Waals surface area contributed by atoms with Crippen LogP contribution in [0.25, 0.3) is 0 Å². The van der Waals surface area contributed by atoms with Crippen molar-refractivity contribution in [2.75, 3.05) is 26.3 Å². The van der Waals surface area contributed by atoms with Crippen molar-refractivity contribution >= 4 is 20.3 Å². The van der Waals surface area contributed by atoms with Crippen LogP contribution in [0.2, 0.25) is 0 Å². The van der Waals surface area contributed by atoms with Crippen molar-refractivity contribution in [2.24, 2.45) is 0 Å². The third kappa shape index (κ3) is 41.0. The third-order valence-electron chi connectivity index (χ3n) is 7.26. The zero-order valence-corrected chi connectivity index (χ0v) is 32.9. The molecule has 43 heavy (non-hydrogen) atoms. The summed E-state index contributed by atoms with van der Waals surface area (Å²) >= 11 is 0. The number of esters is 1. The molecule has 0 saturated carbocycles. The largest absolute Gasteiger partial charge is 1.00 e. The standard InChI is InChI=1S/C31H62NO8P.2Na/c1-2-3-4-5-6-7-9-12-15-18-21-24-31(34)40-30(28-39-41(35,36)37)27-32-25-22-19-16-13-10-8-11-14-17-20-23-26-38-29-33;;/h29-30,32H,2-28H2,1H3,(H2,35,36,37);;/q;2*+1/p-2/t30-;;/m0../s1. The van der Waals surface area contributed by atoms with Crippen LogP contribution in [0.4, 0.5) is 0 Å². The van der Waals surface area contributed by atoms with Gasteiger partial charge >= 0.3 is 65.1 Å². The predicted molar refractivity (Wildman–Crippen MR) is 160 cm³/mol. The molecule has 0 unspecified atom stereocenters. The fourth-order valence-corrected chi connectivity index (χ4v) is 5.17. The zero-order chi connectivity index (χ0) is 30.3. The van der Waals surface area contributed by atoms with E-state index in [2.05, 4.69) is 21.5 Å². The van der Waals surface area contributed by atoms with E-state index in [4.69, 9.17) is 4.74 Å². The van der Waals surface area contributed by atoms with Gasteiger partial charge in [-0.25, -0.2) is 0 Å². The number of carbonyl (C=O) groups is 2. The van der Waals surface area contributed by atoms with Gasteiger partial charge in [0.05, 0.1) is 21.0 Å². The molecule has 0 amide bonds. The van der Waals surface area contributed by atoms with Crippen LogP contribution in [0.1, 0.15) is 155 Å². The number of hydrogen-bond donors (Lipinski definition) is 1. The number of hydrogen-bond acceptors (Lipinski definition) is 9. The van der Waals surface area contributed by atoms with E-state index in [1.807, 2.05) is 0 Å². The van der Waals surface area contributed by atoms with Crippen LogP contribution in [0.5, 0.6) is 0 Å². The molecule has 0 radical (unpaired) electrons. The maximum Gasteiger partial charge on any atom is 1.00 e. The number of phosphoric ester groups is 1. The normalized spacial score (nSPS) is 11.8. The molecule has 0 aliphatic carbocycles. The first-order valence-electron chi connectivity index (χ1n) is 16.5. The maximum atomic E-state index is 12.3. The first-order chi connectivity index (χ1) is 19.9. The molecule has 0 rings (SSSR count). The third-order valence-corrected chi connectivity index (χ3v) is 7.72. The molecule has 0 aromatic heterocycles. The molecule has 0 spiro atoms. The molecule has 0 aliphatic rings. The van der Waals surface area contributed by atoms with Crippen molar-refractivity contribution in [1.82, 2.24) is 5.32 Å². The second-order valence-electron chi connectivity index (χ2n) is 11.2. The van der Waals surface area contributed by atoms with Crippen molar-refractivity contribution in [3.05, 3.63) is 0 Å². The molecule has 244 valence electrons.